The lowest BCUT2D eigenvalue weighted by Gasteiger charge is -2.36. The van der Waals surface area contributed by atoms with Gasteiger partial charge in [-0.05, 0) is 54.6 Å². The van der Waals surface area contributed by atoms with Gasteiger partial charge in [-0.3, -0.25) is 9.62 Å². The molecule has 3 aromatic carbocycles. The summed E-state index contributed by atoms with van der Waals surface area (Å²) in [5, 5.41) is 0. The van der Waals surface area contributed by atoms with Crippen LogP contribution in [0.5, 0.6) is 0 Å². The first kappa shape index (κ1) is 23.3. The fraction of sp³-hybridized carbons (Fsp3) is 0.269. The van der Waals surface area contributed by atoms with Crippen molar-refractivity contribution in [1.29, 1.82) is 0 Å². The number of fused-ring (bicyclic) bond motifs is 1. The standard InChI is InChI=1S/C26H28FN5O2S/c1-30-25-12-9-21(29-35(33,34)23-10-7-20(27)8-11-23)19-24(25)28-26(30)13-14-31-15-17-32(18-16-31)22-5-3-2-4-6-22/h2-12,19,29H,13-18H2,1H3. The molecule has 182 valence electrons. The molecule has 1 aliphatic heterocycles. The lowest BCUT2D eigenvalue weighted by atomic mass is 10.2. The number of nitrogens with one attached hydrogen (secondary N) is 1. The highest BCUT2D eigenvalue weighted by Gasteiger charge is 2.19. The van der Waals surface area contributed by atoms with Crippen LogP contribution in [0.3, 0.4) is 0 Å². The maximum absolute atomic E-state index is 13.2. The second-order valence-corrected chi connectivity index (χ2v) is 10.4. The van der Waals surface area contributed by atoms with Gasteiger partial charge in [-0.2, -0.15) is 0 Å². The third-order valence-corrected chi connectivity index (χ3v) is 7.89. The minimum absolute atomic E-state index is 0.00747. The number of imidazole rings is 1. The van der Waals surface area contributed by atoms with E-state index in [4.69, 9.17) is 4.98 Å². The Morgan fingerprint density at radius 2 is 1.66 bits per heavy atom. The molecule has 1 saturated heterocycles. The first-order valence-corrected chi connectivity index (χ1v) is 13.1. The van der Waals surface area contributed by atoms with Crippen molar-refractivity contribution in [3.05, 3.63) is 84.4 Å². The predicted molar refractivity (Wildman–Crippen MR) is 137 cm³/mol. The zero-order valence-corrected chi connectivity index (χ0v) is 20.4. The quantitative estimate of drug-likeness (QED) is 0.423. The number of piperazine rings is 1. The molecule has 0 amide bonds. The molecular formula is C26H28FN5O2S. The molecule has 5 rings (SSSR count). The van der Waals surface area contributed by atoms with E-state index in [2.05, 4.69) is 43.4 Å². The van der Waals surface area contributed by atoms with Crippen LogP contribution < -0.4 is 9.62 Å². The minimum Gasteiger partial charge on any atom is -0.369 e. The molecule has 0 radical (unpaired) electrons. The fourth-order valence-corrected chi connectivity index (χ4v) is 5.54. The third-order valence-electron chi connectivity index (χ3n) is 6.49. The summed E-state index contributed by atoms with van der Waals surface area (Å²) in [5.74, 6) is 0.480. The van der Waals surface area contributed by atoms with Crippen LogP contribution in [0.1, 0.15) is 5.82 Å². The smallest absolute Gasteiger partial charge is 0.261 e. The summed E-state index contributed by atoms with van der Waals surface area (Å²) in [6.07, 6.45) is 0.813. The third kappa shape index (κ3) is 5.16. The molecule has 35 heavy (non-hydrogen) atoms. The summed E-state index contributed by atoms with van der Waals surface area (Å²) in [7, 11) is -1.83. The molecule has 1 fully saturated rings. The van der Waals surface area contributed by atoms with Crippen molar-refractivity contribution in [2.45, 2.75) is 11.3 Å². The highest BCUT2D eigenvalue weighted by molar-refractivity contribution is 7.92. The molecule has 1 aromatic heterocycles. The van der Waals surface area contributed by atoms with Crippen LogP contribution in [0, 0.1) is 5.82 Å². The molecule has 1 aliphatic rings. The van der Waals surface area contributed by atoms with E-state index in [1.165, 1.54) is 17.8 Å². The van der Waals surface area contributed by atoms with E-state index in [0.717, 1.165) is 68.1 Å². The molecule has 0 spiro atoms. The van der Waals surface area contributed by atoms with Crippen molar-refractivity contribution in [1.82, 2.24) is 14.5 Å². The van der Waals surface area contributed by atoms with E-state index >= 15 is 0 Å². The van der Waals surface area contributed by atoms with Crippen LogP contribution in [-0.2, 0) is 23.5 Å². The number of nitrogens with zero attached hydrogens (tertiary/aromatic N) is 4. The average molecular weight is 494 g/mol. The Morgan fingerprint density at radius 1 is 0.943 bits per heavy atom. The van der Waals surface area contributed by atoms with E-state index < -0.39 is 15.8 Å². The molecule has 0 aliphatic carbocycles. The van der Waals surface area contributed by atoms with E-state index in [-0.39, 0.29) is 4.90 Å². The summed E-state index contributed by atoms with van der Waals surface area (Å²) in [4.78, 5) is 9.66. The number of halogens is 1. The molecule has 0 atom stereocenters. The highest BCUT2D eigenvalue weighted by atomic mass is 32.2. The molecule has 2 heterocycles. The van der Waals surface area contributed by atoms with Gasteiger partial charge in [0.25, 0.3) is 10.0 Å². The molecule has 1 N–H and O–H groups in total. The lowest BCUT2D eigenvalue weighted by Crippen LogP contribution is -2.47. The van der Waals surface area contributed by atoms with Crippen LogP contribution in [0.15, 0.2) is 77.7 Å². The summed E-state index contributed by atoms with van der Waals surface area (Å²) < 4.78 is 43.1. The lowest BCUT2D eigenvalue weighted by molar-refractivity contribution is 0.259. The molecular weight excluding hydrogens is 465 g/mol. The van der Waals surface area contributed by atoms with Crippen molar-refractivity contribution in [3.8, 4) is 0 Å². The van der Waals surface area contributed by atoms with Crippen LogP contribution in [0.4, 0.5) is 15.8 Å². The van der Waals surface area contributed by atoms with E-state index in [1.54, 1.807) is 12.1 Å². The SMILES string of the molecule is Cn1c(CCN2CCN(c3ccccc3)CC2)nc2cc(NS(=O)(=O)c3ccc(F)cc3)ccc21. The van der Waals surface area contributed by atoms with Gasteiger partial charge in [0.15, 0.2) is 0 Å². The summed E-state index contributed by atoms with van der Waals surface area (Å²) in [6.45, 7) is 4.94. The second-order valence-electron chi connectivity index (χ2n) is 8.76. The monoisotopic (exact) mass is 493 g/mol. The normalized spacial score (nSPS) is 15.0. The van der Waals surface area contributed by atoms with Crippen molar-refractivity contribution >= 4 is 32.4 Å². The predicted octanol–water partition coefficient (Wildman–Crippen LogP) is 3.88. The molecule has 0 unspecified atom stereocenters. The highest BCUT2D eigenvalue weighted by Crippen LogP contribution is 2.23. The van der Waals surface area contributed by atoms with Gasteiger partial charge >= 0.3 is 0 Å². The van der Waals surface area contributed by atoms with Crippen molar-refractivity contribution < 1.29 is 12.8 Å². The van der Waals surface area contributed by atoms with Gasteiger partial charge in [0.05, 0.1) is 21.6 Å². The number of aromatic nitrogens is 2. The van der Waals surface area contributed by atoms with Gasteiger partial charge in [-0.25, -0.2) is 17.8 Å². The Bertz CT molecular complexity index is 1410. The van der Waals surface area contributed by atoms with Crippen LogP contribution in [0.25, 0.3) is 11.0 Å². The average Bonchev–Trinajstić information content (AvgIpc) is 3.18. The summed E-state index contributed by atoms with van der Waals surface area (Å²) >= 11 is 0. The number of hydrogen-bond acceptors (Lipinski definition) is 5. The zero-order chi connectivity index (χ0) is 24.4. The summed E-state index contributed by atoms with van der Waals surface area (Å²) in [5.41, 5.74) is 3.37. The second kappa shape index (κ2) is 9.67. The first-order chi connectivity index (χ1) is 16.9. The first-order valence-electron chi connectivity index (χ1n) is 11.7. The number of sulfonamides is 1. The van der Waals surface area contributed by atoms with E-state index in [1.807, 2.05) is 19.2 Å². The number of hydrogen-bond donors (Lipinski definition) is 1. The molecule has 0 saturated carbocycles. The molecule has 0 bridgehead atoms. The Morgan fingerprint density at radius 3 is 2.37 bits per heavy atom. The van der Waals surface area contributed by atoms with Gasteiger partial charge in [0.1, 0.15) is 11.6 Å². The topological polar surface area (TPSA) is 70.5 Å². The van der Waals surface area contributed by atoms with Crippen LogP contribution in [0.2, 0.25) is 0 Å². The van der Waals surface area contributed by atoms with Crippen LogP contribution >= 0.6 is 0 Å². The van der Waals surface area contributed by atoms with Gasteiger partial charge in [0.2, 0.25) is 0 Å². The minimum atomic E-state index is -3.81. The number of rotatable bonds is 7. The Kier molecular flexibility index (Phi) is 6.44. The van der Waals surface area contributed by atoms with Crippen LogP contribution in [-0.4, -0.2) is 55.6 Å². The number of para-hydroxylation sites is 1. The van der Waals surface area contributed by atoms with E-state index in [9.17, 15) is 12.8 Å². The Hall–Kier alpha value is -3.43. The summed E-state index contributed by atoms with van der Waals surface area (Å²) in [6, 6.07) is 20.6. The maximum atomic E-state index is 13.2. The van der Waals surface area contributed by atoms with Crippen molar-refractivity contribution in [2.75, 3.05) is 42.3 Å². The van der Waals surface area contributed by atoms with Gasteiger partial charge in [-0.1, -0.05) is 18.2 Å². The van der Waals surface area contributed by atoms with Gasteiger partial charge < -0.3 is 9.47 Å². The Balaban J connectivity index is 1.23. The number of aryl methyl sites for hydroxylation is 1. The molecule has 4 aromatic rings. The van der Waals surface area contributed by atoms with E-state index in [0.29, 0.717) is 5.69 Å². The van der Waals surface area contributed by atoms with Crippen molar-refractivity contribution in [3.63, 3.8) is 0 Å². The van der Waals surface area contributed by atoms with Crippen molar-refractivity contribution in [2.24, 2.45) is 7.05 Å². The fourth-order valence-electron chi connectivity index (χ4n) is 4.49. The largest absolute Gasteiger partial charge is 0.369 e. The van der Waals surface area contributed by atoms with Gasteiger partial charge in [-0.15, -0.1) is 0 Å². The maximum Gasteiger partial charge on any atom is 0.261 e. The number of anilines is 2. The molecule has 7 nitrogen and oxygen atoms in total. The Labute approximate surface area is 204 Å². The number of benzene rings is 3. The zero-order valence-electron chi connectivity index (χ0n) is 19.6. The molecule has 9 heteroatoms. The van der Waals surface area contributed by atoms with Gasteiger partial charge in [0, 0.05) is 51.9 Å².